The summed E-state index contributed by atoms with van der Waals surface area (Å²) in [6.45, 7) is 7.78. The highest BCUT2D eigenvalue weighted by Gasteiger charge is 2.17. The van der Waals surface area contributed by atoms with Crippen molar-refractivity contribution in [3.63, 3.8) is 0 Å². The summed E-state index contributed by atoms with van der Waals surface area (Å²) in [5.74, 6) is -0.403. The lowest BCUT2D eigenvalue weighted by atomic mass is 10.1. The Labute approximate surface area is 399 Å². The van der Waals surface area contributed by atoms with Gasteiger partial charge in [-0.2, -0.15) is 0 Å². The van der Waals surface area contributed by atoms with Gasteiger partial charge in [0, 0.05) is 19.4 Å². The molecule has 0 spiro atoms. The normalized spacial score (nSPS) is 12.5. The van der Waals surface area contributed by atoms with E-state index < -0.39 is 6.10 Å². The number of hydrogen-bond acceptors (Lipinski definition) is 5. The summed E-state index contributed by atoms with van der Waals surface area (Å²) >= 11 is 0. The maximum Gasteiger partial charge on any atom is 0.306 e. The molecule has 0 heterocycles. The van der Waals surface area contributed by atoms with E-state index in [9.17, 15) is 9.59 Å². The van der Waals surface area contributed by atoms with E-state index in [1.54, 1.807) is 0 Å². The number of hydrogen-bond donors (Lipinski definition) is 0. The van der Waals surface area contributed by atoms with Gasteiger partial charge in [0.25, 0.3) is 0 Å². The van der Waals surface area contributed by atoms with Gasteiger partial charge < -0.3 is 14.2 Å². The first kappa shape index (κ1) is 61.9. The van der Waals surface area contributed by atoms with E-state index in [0.29, 0.717) is 19.4 Å². The molecule has 5 heteroatoms. The van der Waals surface area contributed by atoms with Crippen LogP contribution in [0.2, 0.25) is 0 Å². The molecule has 374 valence electrons. The van der Waals surface area contributed by atoms with Crippen molar-refractivity contribution in [2.24, 2.45) is 0 Å². The Bertz CT molecular complexity index is 1060. The number of rotatable bonds is 52. The van der Waals surface area contributed by atoms with Crippen molar-refractivity contribution in [1.29, 1.82) is 0 Å². The molecule has 1 unspecified atom stereocenters. The molecular weight excluding hydrogens is 789 g/mol. The molecule has 0 aliphatic carbocycles. The SMILES string of the molecule is CCCC/C=C\CCCCCCCC(=O)OC(COCCCCCCCCCC/C=C\C/C=C\CCCCC)COC(=O)CCCCCCCCCCC/C=C\CCCCCCCC. The third-order valence-corrected chi connectivity index (χ3v) is 12.3. The molecule has 0 aromatic rings. The van der Waals surface area contributed by atoms with Crippen LogP contribution in [0.15, 0.2) is 48.6 Å². The first-order valence-electron chi connectivity index (χ1n) is 28.2. The molecule has 0 aliphatic heterocycles. The average Bonchev–Trinajstić information content (AvgIpc) is 3.30. The van der Waals surface area contributed by atoms with Crippen LogP contribution in [0.25, 0.3) is 0 Å². The number of carbonyl (C=O) groups excluding carboxylic acids is 2. The van der Waals surface area contributed by atoms with Gasteiger partial charge in [-0.3, -0.25) is 9.59 Å². The van der Waals surface area contributed by atoms with Crippen LogP contribution in [0.5, 0.6) is 0 Å². The highest BCUT2D eigenvalue weighted by atomic mass is 16.6. The van der Waals surface area contributed by atoms with Crippen LogP contribution in [-0.2, 0) is 23.8 Å². The second-order valence-corrected chi connectivity index (χ2v) is 18.8. The number of carbonyl (C=O) groups is 2. The minimum atomic E-state index is -0.543. The zero-order valence-electron chi connectivity index (χ0n) is 43.1. The van der Waals surface area contributed by atoms with E-state index in [-0.39, 0.29) is 25.2 Å². The number of esters is 2. The topological polar surface area (TPSA) is 61.8 Å². The molecule has 0 rings (SSSR count). The molecule has 1 atom stereocenters. The lowest BCUT2D eigenvalue weighted by molar-refractivity contribution is -0.163. The molecule has 5 nitrogen and oxygen atoms in total. The van der Waals surface area contributed by atoms with E-state index in [1.165, 1.54) is 199 Å². The van der Waals surface area contributed by atoms with Gasteiger partial charge >= 0.3 is 11.9 Å². The third kappa shape index (κ3) is 52.5. The molecule has 0 fully saturated rings. The van der Waals surface area contributed by atoms with E-state index >= 15 is 0 Å². The monoisotopic (exact) mass is 897 g/mol. The molecule has 0 saturated carbocycles. The number of allylic oxidation sites excluding steroid dienone is 8. The minimum Gasteiger partial charge on any atom is -0.462 e. The fourth-order valence-corrected chi connectivity index (χ4v) is 8.05. The third-order valence-electron chi connectivity index (χ3n) is 12.3. The van der Waals surface area contributed by atoms with Gasteiger partial charge in [-0.25, -0.2) is 0 Å². The van der Waals surface area contributed by atoms with Crippen LogP contribution in [0.4, 0.5) is 0 Å². The van der Waals surface area contributed by atoms with Gasteiger partial charge in [-0.1, -0.05) is 230 Å². The standard InChI is InChI=1S/C59H108O5/c1-4-7-10-13-16-19-22-24-26-28-30-31-33-35-38-40-43-46-49-52-58(60)63-56-57(64-59(61)53-50-47-44-41-37-21-18-15-12-9-6-3)55-62-54-51-48-45-42-39-36-34-32-29-27-25-23-20-17-14-11-8-5-2/h15,17-18,20,24-27,57H,4-14,16,19,21-23,28-56H2,1-3H3/b18-15-,20-17-,26-24-,27-25-. The summed E-state index contributed by atoms with van der Waals surface area (Å²) in [5.41, 5.74) is 0. The van der Waals surface area contributed by atoms with Crippen molar-refractivity contribution in [1.82, 2.24) is 0 Å². The maximum absolute atomic E-state index is 12.8. The molecule has 0 radical (unpaired) electrons. The maximum atomic E-state index is 12.8. The van der Waals surface area contributed by atoms with Gasteiger partial charge in [0.2, 0.25) is 0 Å². The first-order valence-corrected chi connectivity index (χ1v) is 28.2. The van der Waals surface area contributed by atoms with Crippen molar-refractivity contribution in [3.05, 3.63) is 48.6 Å². The quantitative estimate of drug-likeness (QED) is 0.0346. The fourth-order valence-electron chi connectivity index (χ4n) is 8.05. The first-order chi connectivity index (χ1) is 31.6. The van der Waals surface area contributed by atoms with Gasteiger partial charge in [0.15, 0.2) is 6.10 Å². The molecule has 0 amide bonds. The Hall–Kier alpha value is -2.14. The lowest BCUT2D eigenvalue weighted by Gasteiger charge is -2.18. The van der Waals surface area contributed by atoms with Crippen molar-refractivity contribution in [2.75, 3.05) is 19.8 Å². The number of unbranched alkanes of at least 4 members (excludes halogenated alkanes) is 33. The van der Waals surface area contributed by atoms with E-state index in [2.05, 4.69) is 69.4 Å². The Morgan fingerprint density at radius 3 is 1.12 bits per heavy atom. The predicted molar refractivity (Wildman–Crippen MR) is 279 cm³/mol. The highest BCUT2D eigenvalue weighted by Crippen LogP contribution is 2.15. The molecule has 0 aliphatic rings. The van der Waals surface area contributed by atoms with Crippen LogP contribution >= 0.6 is 0 Å². The zero-order valence-corrected chi connectivity index (χ0v) is 43.1. The van der Waals surface area contributed by atoms with Crippen LogP contribution in [0, 0.1) is 0 Å². The van der Waals surface area contributed by atoms with Crippen molar-refractivity contribution < 1.29 is 23.8 Å². The Kier molecular flexibility index (Phi) is 53.3. The summed E-state index contributed by atoms with van der Waals surface area (Å²) in [5, 5.41) is 0. The predicted octanol–water partition coefficient (Wildman–Crippen LogP) is 19.1. The van der Waals surface area contributed by atoms with Crippen molar-refractivity contribution >= 4 is 11.9 Å². The fraction of sp³-hybridized carbons (Fsp3) is 0.831. The molecule has 0 aromatic heterocycles. The second-order valence-electron chi connectivity index (χ2n) is 18.8. The summed E-state index contributed by atoms with van der Waals surface area (Å²) in [7, 11) is 0. The molecule has 0 saturated heterocycles. The molecule has 0 N–H and O–H groups in total. The Morgan fingerprint density at radius 2 is 0.672 bits per heavy atom. The van der Waals surface area contributed by atoms with E-state index in [4.69, 9.17) is 14.2 Å². The molecule has 64 heavy (non-hydrogen) atoms. The molecule has 0 aromatic carbocycles. The van der Waals surface area contributed by atoms with Gasteiger partial charge in [-0.15, -0.1) is 0 Å². The Balaban J connectivity index is 4.20. The second kappa shape index (κ2) is 55.2. The Morgan fingerprint density at radius 1 is 0.344 bits per heavy atom. The summed E-state index contributed by atoms with van der Waals surface area (Å²) < 4.78 is 17.4. The van der Waals surface area contributed by atoms with Gasteiger partial charge in [-0.05, 0) is 96.3 Å². The zero-order chi connectivity index (χ0) is 46.3. The largest absolute Gasteiger partial charge is 0.462 e. The van der Waals surface area contributed by atoms with Crippen molar-refractivity contribution in [3.8, 4) is 0 Å². The van der Waals surface area contributed by atoms with Crippen LogP contribution in [0.3, 0.4) is 0 Å². The highest BCUT2D eigenvalue weighted by molar-refractivity contribution is 5.70. The molecular formula is C59H108O5. The van der Waals surface area contributed by atoms with Gasteiger partial charge in [0.1, 0.15) is 6.61 Å². The average molecular weight is 898 g/mol. The smallest absolute Gasteiger partial charge is 0.306 e. The van der Waals surface area contributed by atoms with E-state index in [1.807, 2.05) is 0 Å². The summed E-state index contributed by atoms with van der Waals surface area (Å²) in [6.07, 6.45) is 68.4. The molecule has 0 bridgehead atoms. The van der Waals surface area contributed by atoms with Crippen LogP contribution < -0.4 is 0 Å². The summed E-state index contributed by atoms with van der Waals surface area (Å²) in [6, 6.07) is 0. The van der Waals surface area contributed by atoms with E-state index in [0.717, 1.165) is 57.8 Å². The summed E-state index contributed by atoms with van der Waals surface area (Å²) in [4.78, 5) is 25.4. The lowest BCUT2D eigenvalue weighted by Crippen LogP contribution is -2.30. The minimum absolute atomic E-state index is 0.0806. The van der Waals surface area contributed by atoms with Gasteiger partial charge in [0.05, 0.1) is 6.61 Å². The van der Waals surface area contributed by atoms with Crippen LogP contribution in [-0.4, -0.2) is 37.9 Å². The van der Waals surface area contributed by atoms with Crippen LogP contribution in [0.1, 0.15) is 290 Å². The number of ether oxygens (including phenoxy) is 3. The van der Waals surface area contributed by atoms with Crippen molar-refractivity contribution in [2.45, 2.75) is 297 Å².